The van der Waals surface area contributed by atoms with Gasteiger partial charge in [-0.3, -0.25) is 9.59 Å². The molecule has 3 aromatic rings. The maximum atomic E-state index is 12.7. The lowest BCUT2D eigenvalue weighted by molar-refractivity contribution is -0.113. The first-order valence-corrected chi connectivity index (χ1v) is 12.4. The van der Waals surface area contributed by atoms with E-state index < -0.39 is 0 Å². The maximum Gasteiger partial charge on any atom is 0.251 e. The molecule has 0 aliphatic heterocycles. The minimum absolute atomic E-state index is 0.125. The molecule has 0 aliphatic rings. The highest BCUT2D eigenvalue weighted by Gasteiger charge is 2.17. The highest BCUT2D eigenvalue weighted by atomic mass is 32.2. The molecule has 0 bridgehead atoms. The van der Waals surface area contributed by atoms with Gasteiger partial charge >= 0.3 is 0 Å². The van der Waals surface area contributed by atoms with Gasteiger partial charge in [-0.1, -0.05) is 43.0 Å². The van der Waals surface area contributed by atoms with Crippen molar-refractivity contribution in [2.45, 2.75) is 38.5 Å². The molecule has 0 radical (unpaired) electrons. The largest absolute Gasteiger partial charge is 0.493 e. The SMILES string of the molecule is C=CCn1c(CNC(=O)c2ccc(OC)c(OC)c2)nnc1SCC(=O)Nc1c(C)cccc1CC. The number of nitrogens with zero attached hydrogens (tertiary/aromatic N) is 3. The maximum absolute atomic E-state index is 12.7. The number of rotatable bonds is 12. The Hall–Kier alpha value is -3.79. The fourth-order valence-electron chi connectivity index (χ4n) is 3.62. The van der Waals surface area contributed by atoms with Crippen LogP contribution >= 0.6 is 11.8 Å². The van der Waals surface area contributed by atoms with Crippen LogP contribution in [-0.4, -0.2) is 46.6 Å². The molecule has 36 heavy (non-hydrogen) atoms. The van der Waals surface area contributed by atoms with E-state index >= 15 is 0 Å². The minimum atomic E-state index is -0.289. The van der Waals surface area contributed by atoms with Crippen molar-refractivity contribution in [1.29, 1.82) is 0 Å². The first-order chi connectivity index (χ1) is 17.4. The van der Waals surface area contributed by atoms with Gasteiger partial charge in [0.15, 0.2) is 22.5 Å². The van der Waals surface area contributed by atoms with E-state index in [-0.39, 0.29) is 24.1 Å². The molecule has 0 spiro atoms. The number of benzene rings is 2. The van der Waals surface area contributed by atoms with Crippen LogP contribution in [0, 0.1) is 6.92 Å². The summed E-state index contributed by atoms with van der Waals surface area (Å²) in [6.07, 6.45) is 2.55. The molecule has 0 atom stereocenters. The summed E-state index contributed by atoms with van der Waals surface area (Å²) in [6, 6.07) is 10.9. The van der Waals surface area contributed by atoms with Crippen molar-refractivity contribution in [1.82, 2.24) is 20.1 Å². The number of aromatic nitrogens is 3. The lowest BCUT2D eigenvalue weighted by Gasteiger charge is -2.13. The number of nitrogens with one attached hydrogen (secondary N) is 2. The first-order valence-electron chi connectivity index (χ1n) is 11.5. The van der Waals surface area contributed by atoms with E-state index in [0.717, 1.165) is 23.2 Å². The van der Waals surface area contributed by atoms with E-state index in [1.54, 1.807) is 24.3 Å². The zero-order valence-electron chi connectivity index (χ0n) is 21.0. The summed E-state index contributed by atoms with van der Waals surface area (Å²) in [4.78, 5) is 25.4. The van der Waals surface area contributed by atoms with E-state index in [2.05, 4.69) is 34.3 Å². The van der Waals surface area contributed by atoms with Crippen LogP contribution in [0.4, 0.5) is 5.69 Å². The standard InChI is InChI=1S/C26H31N5O4S/c1-6-13-31-22(15-27-25(33)19-11-12-20(34-4)21(14-19)35-5)29-30-26(31)36-16-23(32)28-24-17(3)9-8-10-18(24)7-2/h6,8-12,14H,1,7,13,15-16H2,2-5H3,(H,27,33)(H,28,32). The van der Waals surface area contributed by atoms with E-state index in [1.807, 2.05) is 29.7 Å². The predicted molar refractivity (Wildman–Crippen MR) is 141 cm³/mol. The van der Waals surface area contributed by atoms with Gasteiger partial charge in [0, 0.05) is 17.8 Å². The summed E-state index contributed by atoms with van der Waals surface area (Å²) < 4.78 is 12.3. The number of hydrogen-bond donors (Lipinski definition) is 2. The zero-order chi connectivity index (χ0) is 26.1. The Morgan fingerprint density at radius 1 is 1.14 bits per heavy atom. The lowest BCUT2D eigenvalue weighted by Crippen LogP contribution is -2.25. The number of allylic oxidation sites excluding steroid dienone is 1. The molecule has 2 N–H and O–H groups in total. The van der Waals surface area contributed by atoms with Gasteiger partial charge in [0.05, 0.1) is 26.5 Å². The van der Waals surface area contributed by atoms with Crippen LogP contribution < -0.4 is 20.1 Å². The number of ether oxygens (including phenoxy) is 2. The van der Waals surface area contributed by atoms with E-state index in [0.29, 0.717) is 34.6 Å². The molecule has 0 saturated carbocycles. The van der Waals surface area contributed by atoms with Gasteiger partial charge in [-0.2, -0.15) is 0 Å². The number of amides is 2. The third-order valence-corrected chi connectivity index (χ3v) is 6.46. The molecule has 9 nitrogen and oxygen atoms in total. The molecule has 0 saturated heterocycles. The van der Waals surface area contributed by atoms with Crippen LogP contribution in [0.3, 0.4) is 0 Å². The van der Waals surface area contributed by atoms with Crippen molar-refractivity contribution < 1.29 is 19.1 Å². The second-order valence-electron chi connectivity index (χ2n) is 7.85. The molecule has 0 unspecified atom stereocenters. The second-order valence-corrected chi connectivity index (χ2v) is 8.79. The highest BCUT2D eigenvalue weighted by molar-refractivity contribution is 7.99. The molecular formula is C26H31N5O4S. The van der Waals surface area contributed by atoms with E-state index in [4.69, 9.17) is 9.47 Å². The van der Waals surface area contributed by atoms with Crippen molar-refractivity contribution >= 4 is 29.3 Å². The van der Waals surface area contributed by atoms with Gasteiger partial charge in [-0.05, 0) is 42.7 Å². The van der Waals surface area contributed by atoms with Crippen molar-refractivity contribution in [3.8, 4) is 11.5 Å². The van der Waals surface area contributed by atoms with Gasteiger partial charge in [0.1, 0.15) is 0 Å². The average molecular weight is 510 g/mol. The van der Waals surface area contributed by atoms with Crippen LogP contribution in [-0.2, 0) is 24.3 Å². The molecular weight excluding hydrogens is 478 g/mol. The lowest BCUT2D eigenvalue weighted by atomic mass is 10.1. The monoisotopic (exact) mass is 509 g/mol. The summed E-state index contributed by atoms with van der Waals surface area (Å²) in [5, 5.41) is 14.9. The molecule has 3 rings (SSSR count). The molecule has 1 heterocycles. The summed E-state index contributed by atoms with van der Waals surface area (Å²) >= 11 is 1.28. The van der Waals surface area contributed by atoms with Crippen molar-refractivity contribution in [2.75, 3.05) is 25.3 Å². The number of thioether (sulfide) groups is 1. The number of hydrogen-bond acceptors (Lipinski definition) is 7. The predicted octanol–water partition coefficient (Wildman–Crippen LogP) is 4.01. The number of carbonyl (C=O) groups is 2. The molecule has 1 aromatic heterocycles. The molecule has 190 valence electrons. The highest BCUT2D eigenvalue weighted by Crippen LogP contribution is 2.27. The summed E-state index contributed by atoms with van der Waals surface area (Å²) in [5.74, 6) is 1.32. The van der Waals surface area contributed by atoms with Gasteiger partial charge in [-0.15, -0.1) is 16.8 Å². The number of carbonyl (C=O) groups excluding carboxylic acids is 2. The normalized spacial score (nSPS) is 10.6. The molecule has 10 heteroatoms. The number of para-hydroxylation sites is 1. The van der Waals surface area contributed by atoms with Crippen LogP contribution in [0.15, 0.2) is 54.2 Å². The van der Waals surface area contributed by atoms with Crippen LogP contribution in [0.1, 0.15) is 34.2 Å². The molecule has 2 amide bonds. The fourth-order valence-corrected chi connectivity index (χ4v) is 4.38. The Morgan fingerprint density at radius 3 is 2.61 bits per heavy atom. The average Bonchev–Trinajstić information content (AvgIpc) is 3.28. The van der Waals surface area contributed by atoms with Crippen LogP contribution in [0.25, 0.3) is 0 Å². The summed E-state index contributed by atoms with van der Waals surface area (Å²) in [5.41, 5.74) is 3.40. The van der Waals surface area contributed by atoms with E-state index in [1.165, 1.54) is 26.0 Å². The zero-order valence-corrected chi connectivity index (χ0v) is 21.8. The smallest absolute Gasteiger partial charge is 0.251 e. The van der Waals surface area contributed by atoms with Gasteiger partial charge < -0.3 is 24.7 Å². The molecule has 2 aromatic carbocycles. The summed E-state index contributed by atoms with van der Waals surface area (Å²) in [6.45, 7) is 8.43. The first kappa shape index (κ1) is 26.8. The van der Waals surface area contributed by atoms with Crippen molar-refractivity contribution in [3.05, 3.63) is 71.6 Å². The van der Waals surface area contributed by atoms with Gasteiger partial charge in [-0.25, -0.2) is 0 Å². The second kappa shape index (κ2) is 12.8. The number of anilines is 1. The van der Waals surface area contributed by atoms with Crippen molar-refractivity contribution in [2.24, 2.45) is 0 Å². The van der Waals surface area contributed by atoms with Crippen LogP contribution in [0.2, 0.25) is 0 Å². The fraction of sp³-hybridized carbons (Fsp3) is 0.308. The third kappa shape index (κ3) is 6.45. The van der Waals surface area contributed by atoms with Crippen molar-refractivity contribution in [3.63, 3.8) is 0 Å². The minimum Gasteiger partial charge on any atom is -0.493 e. The number of aryl methyl sites for hydroxylation is 2. The van der Waals surface area contributed by atoms with Gasteiger partial charge in [0.2, 0.25) is 5.91 Å². The van der Waals surface area contributed by atoms with Crippen LogP contribution in [0.5, 0.6) is 11.5 Å². The van der Waals surface area contributed by atoms with Gasteiger partial charge in [0.25, 0.3) is 5.91 Å². The Morgan fingerprint density at radius 2 is 1.92 bits per heavy atom. The Bertz CT molecular complexity index is 1240. The van der Waals surface area contributed by atoms with E-state index in [9.17, 15) is 9.59 Å². The Kier molecular flexibility index (Phi) is 9.52. The Labute approximate surface area is 215 Å². The topological polar surface area (TPSA) is 107 Å². The molecule has 0 aliphatic carbocycles. The number of methoxy groups -OCH3 is 2. The summed E-state index contributed by atoms with van der Waals surface area (Å²) in [7, 11) is 3.05. The third-order valence-electron chi connectivity index (χ3n) is 5.49. The molecule has 0 fully saturated rings. The Balaban J connectivity index is 1.65. The quantitative estimate of drug-likeness (QED) is 0.281.